The first-order valence-corrected chi connectivity index (χ1v) is 7.72. The molecule has 3 rings (SSSR count). The van der Waals surface area contributed by atoms with Gasteiger partial charge in [0.25, 0.3) is 5.78 Å². The largest absolute Gasteiger partial charge is 0.311 e. The van der Waals surface area contributed by atoms with Crippen molar-refractivity contribution in [2.45, 2.75) is 27.2 Å². The fourth-order valence-corrected chi connectivity index (χ4v) is 2.41. The quantitative estimate of drug-likeness (QED) is 0.590. The normalized spacial score (nSPS) is 11.7. The van der Waals surface area contributed by atoms with Gasteiger partial charge in [0.05, 0.1) is 5.71 Å². The van der Waals surface area contributed by atoms with E-state index >= 15 is 0 Å². The molecule has 1 amide bonds. The highest BCUT2D eigenvalue weighted by atomic mass is 16.2. The summed E-state index contributed by atoms with van der Waals surface area (Å²) >= 11 is 0. The van der Waals surface area contributed by atoms with Crippen LogP contribution in [0.1, 0.15) is 40.9 Å². The summed E-state index contributed by atoms with van der Waals surface area (Å²) in [6.45, 7) is 5.75. The van der Waals surface area contributed by atoms with Crippen LogP contribution in [0.25, 0.3) is 5.78 Å². The molecular formula is C17H18N6O. The van der Waals surface area contributed by atoms with Crippen LogP contribution >= 0.6 is 0 Å². The number of nitrogens with zero attached hydrogens (tertiary/aromatic N) is 5. The van der Waals surface area contributed by atoms with Crippen molar-refractivity contribution in [1.82, 2.24) is 25.0 Å². The van der Waals surface area contributed by atoms with Crippen molar-refractivity contribution < 1.29 is 4.79 Å². The molecule has 0 bridgehead atoms. The number of fused-ring (bicyclic) bond motifs is 1. The van der Waals surface area contributed by atoms with Crippen LogP contribution < -0.4 is 5.43 Å². The third-order valence-corrected chi connectivity index (χ3v) is 3.56. The van der Waals surface area contributed by atoms with Gasteiger partial charge in [0.2, 0.25) is 5.82 Å². The van der Waals surface area contributed by atoms with Gasteiger partial charge >= 0.3 is 5.91 Å². The first-order valence-electron chi connectivity index (χ1n) is 7.72. The monoisotopic (exact) mass is 322 g/mol. The average Bonchev–Trinajstić information content (AvgIpc) is 3.00. The minimum absolute atomic E-state index is 0.0449. The lowest BCUT2D eigenvalue weighted by Crippen LogP contribution is -2.21. The van der Waals surface area contributed by atoms with Crippen molar-refractivity contribution in [3.63, 3.8) is 0 Å². The highest BCUT2D eigenvalue weighted by Gasteiger charge is 2.15. The van der Waals surface area contributed by atoms with E-state index in [9.17, 15) is 4.79 Å². The molecule has 0 spiro atoms. The number of rotatable bonds is 4. The summed E-state index contributed by atoms with van der Waals surface area (Å²) in [5, 5.41) is 8.40. The fraction of sp³-hybridized carbons (Fsp3) is 0.235. The Morgan fingerprint density at radius 1 is 1.21 bits per heavy atom. The molecule has 1 aromatic carbocycles. The lowest BCUT2D eigenvalue weighted by atomic mass is 10.1. The Morgan fingerprint density at radius 2 is 1.96 bits per heavy atom. The number of amides is 1. The second kappa shape index (κ2) is 6.57. The molecule has 2 aromatic heterocycles. The molecule has 0 atom stereocenters. The van der Waals surface area contributed by atoms with Crippen LogP contribution in [0, 0.1) is 13.8 Å². The predicted octanol–water partition coefficient (Wildman–Crippen LogP) is 2.29. The smallest absolute Gasteiger partial charge is 0.264 e. The number of hydrogen-bond donors (Lipinski definition) is 1. The lowest BCUT2D eigenvalue weighted by molar-refractivity contribution is 0.0944. The van der Waals surface area contributed by atoms with Gasteiger partial charge in [-0.25, -0.2) is 14.9 Å². The summed E-state index contributed by atoms with van der Waals surface area (Å²) in [5.41, 5.74) is 5.98. The minimum atomic E-state index is -0.459. The molecular weight excluding hydrogens is 304 g/mol. The van der Waals surface area contributed by atoms with Crippen LogP contribution in [0.2, 0.25) is 0 Å². The number of hydrogen-bond acceptors (Lipinski definition) is 5. The molecule has 0 unspecified atom stereocenters. The van der Waals surface area contributed by atoms with Gasteiger partial charge in [0, 0.05) is 11.4 Å². The molecule has 0 saturated carbocycles. The van der Waals surface area contributed by atoms with E-state index in [1.807, 2.05) is 57.2 Å². The Bertz CT molecular complexity index is 913. The average molecular weight is 322 g/mol. The van der Waals surface area contributed by atoms with Gasteiger partial charge < -0.3 is 0 Å². The van der Waals surface area contributed by atoms with E-state index in [1.54, 1.807) is 4.52 Å². The number of benzene rings is 1. The summed E-state index contributed by atoms with van der Waals surface area (Å²) in [6.07, 6.45) is 0.697. The Kier molecular flexibility index (Phi) is 4.33. The van der Waals surface area contributed by atoms with E-state index in [-0.39, 0.29) is 5.82 Å². The molecule has 24 heavy (non-hydrogen) atoms. The van der Waals surface area contributed by atoms with Crippen LogP contribution in [0.3, 0.4) is 0 Å². The third kappa shape index (κ3) is 3.15. The number of carbonyl (C=O) groups excluding carboxylic acids is 1. The van der Waals surface area contributed by atoms with Gasteiger partial charge in [-0.15, -0.1) is 5.10 Å². The zero-order valence-electron chi connectivity index (χ0n) is 13.8. The fourth-order valence-electron chi connectivity index (χ4n) is 2.41. The van der Waals surface area contributed by atoms with Crippen molar-refractivity contribution in [3.05, 3.63) is 59.2 Å². The molecule has 0 fully saturated rings. The number of carbonyl (C=O) groups is 1. The van der Waals surface area contributed by atoms with Gasteiger partial charge in [0.1, 0.15) is 0 Å². The Labute approximate surface area is 139 Å². The molecule has 0 aliphatic carbocycles. The number of aromatic nitrogens is 4. The molecule has 0 saturated heterocycles. The molecule has 122 valence electrons. The van der Waals surface area contributed by atoms with Crippen molar-refractivity contribution in [2.75, 3.05) is 0 Å². The van der Waals surface area contributed by atoms with Crippen LogP contribution in [-0.4, -0.2) is 31.2 Å². The topological polar surface area (TPSA) is 84.5 Å². The molecule has 7 nitrogen and oxygen atoms in total. The molecule has 7 heteroatoms. The maximum absolute atomic E-state index is 12.3. The van der Waals surface area contributed by atoms with Crippen molar-refractivity contribution in [2.24, 2.45) is 5.10 Å². The molecule has 1 N–H and O–H groups in total. The van der Waals surface area contributed by atoms with Crippen molar-refractivity contribution in [3.8, 4) is 0 Å². The highest BCUT2D eigenvalue weighted by molar-refractivity contribution is 6.01. The van der Waals surface area contributed by atoms with Crippen molar-refractivity contribution >= 4 is 17.4 Å². The highest BCUT2D eigenvalue weighted by Crippen LogP contribution is 2.06. The van der Waals surface area contributed by atoms with Crippen LogP contribution in [-0.2, 0) is 0 Å². The lowest BCUT2D eigenvalue weighted by Gasteiger charge is -2.03. The predicted molar refractivity (Wildman–Crippen MR) is 91.0 cm³/mol. The van der Waals surface area contributed by atoms with E-state index < -0.39 is 5.91 Å². The second-order valence-corrected chi connectivity index (χ2v) is 5.41. The summed E-state index contributed by atoms with van der Waals surface area (Å²) in [7, 11) is 0. The molecule has 0 aliphatic rings. The van der Waals surface area contributed by atoms with Crippen molar-refractivity contribution in [1.29, 1.82) is 0 Å². The third-order valence-electron chi connectivity index (χ3n) is 3.56. The SMILES string of the molecule is CC/C(=N/NC(=O)c1nc2nc(C)cc(C)n2n1)c1ccccc1. The van der Waals surface area contributed by atoms with Gasteiger partial charge in [0.15, 0.2) is 0 Å². The van der Waals surface area contributed by atoms with E-state index in [0.29, 0.717) is 12.2 Å². The Morgan fingerprint density at radius 3 is 2.67 bits per heavy atom. The maximum atomic E-state index is 12.3. The molecule has 3 aromatic rings. The van der Waals surface area contributed by atoms with Crippen LogP contribution in [0.5, 0.6) is 0 Å². The van der Waals surface area contributed by atoms with E-state index in [1.165, 1.54) is 0 Å². The summed E-state index contributed by atoms with van der Waals surface area (Å²) in [6, 6.07) is 11.6. The van der Waals surface area contributed by atoms with Gasteiger partial charge in [-0.05, 0) is 31.9 Å². The molecule has 2 heterocycles. The number of nitrogens with one attached hydrogen (secondary N) is 1. The minimum Gasteiger partial charge on any atom is -0.264 e. The zero-order valence-corrected chi connectivity index (χ0v) is 13.8. The standard InChI is InChI=1S/C17H18N6O/c1-4-14(13-8-6-5-7-9-13)20-21-16(24)15-19-17-18-11(2)10-12(3)23(17)22-15/h5-10H,4H2,1-3H3,(H,21,24)/b20-14-. The van der Waals surface area contributed by atoms with Gasteiger partial charge in [-0.1, -0.05) is 37.3 Å². The van der Waals surface area contributed by atoms with Gasteiger partial charge in [-0.2, -0.15) is 10.1 Å². The van der Waals surface area contributed by atoms with E-state index in [0.717, 1.165) is 22.7 Å². The number of aryl methyl sites for hydroxylation is 2. The van der Waals surface area contributed by atoms with E-state index in [4.69, 9.17) is 0 Å². The summed E-state index contributed by atoms with van der Waals surface area (Å²) in [5.74, 6) is -0.0108. The second-order valence-electron chi connectivity index (χ2n) is 5.41. The van der Waals surface area contributed by atoms with Gasteiger partial charge in [-0.3, -0.25) is 4.79 Å². The van der Waals surface area contributed by atoms with Crippen LogP contribution in [0.4, 0.5) is 0 Å². The summed E-state index contributed by atoms with van der Waals surface area (Å²) < 4.78 is 1.55. The Balaban J connectivity index is 1.84. The first-order chi connectivity index (χ1) is 11.6. The zero-order chi connectivity index (χ0) is 17.1. The summed E-state index contributed by atoms with van der Waals surface area (Å²) in [4.78, 5) is 20.7. The molecule has 0 radical (unpaired) electrons. The first kappa shape index (κ1) is 15.8. The number of hydrazone groups is 1. The van der Waals surface area contributed by atoms with E-state index in [2.05, 4.69) is 25.6 Å². The maximum Gasteiger partial charge on any atom is 0.311 e. The Hall–Kier alpha value is -3.09. The van der Waals surface area contributed by atoms with Crippen LogP contribution in [0.15, 0.2) is 41.5 Å². The molecule has 0 aliphatic heterocycles.